The van der Waals surface area contributed by atoms with Gasteiger partial charge in [-0.2, -0.15) is 4.31 Å². The fourth-order valence-corrected chi connectivity index (χ4v) is 5.56. The first-order valence-corrected chi connectivity index (χ1v) is 11.5. The molecule has 0 bridgehead atoms. The van der Waals surface area contributed by atoms with Crippen LogP contribution >= 0.6 is 0 Å². The topological polar surface area (TPSA) is 69.7 Å². The monoisotopic (exact) mass is 411 g/mol. The minimum absolute atomic E-state index is 0.0141. The third-order valence-electron chi connectivity index (χ3n) is 6.07. The molecule has 1 amide bonds. The van der Waals surface area contributed by atoms with Crippen molar-refractivity contribution in [3.8, 4) is 0 Å². The summed E-state index contributed by atoms with van der Waals surface area (Å²) in [6.45, 7) is 5.59. The molecule has 1 aromatic carbocycles. The van der Waals surface area contributed by atoms with E-state index >= 15 is 0 Å². The van der Waals surface area contributed by atoms with E-state index in [2.05, 4.69) is 12.2 Å². The molecule has 1 saturated heterocycles. The largest absolute Gasteiger partial charge is 0.352 e. The van der Waals surface area contributed by atoms with Gasteiger partial charge >= 0.3 is 0 Å². The third-order valence-corrected chi connectivity index (χ3v) is 7.97. The van der Waals surface area contributed by atoms with Crippen molar-refractivity contribution in [1.29, 1.82) is 0 Å². The van der Waals surface area contributed by atoms with Crippen LogP contribution in [0.5, 0.6) is 0 Å². The maximum absolute atomic E-state index is 13.4. The molecular weight excluding hydrogens is 381 g/mol. The molecule has 1 aromatic rings. The third kappa shape index (κ3) is 4.72. The van der Waals surface area contributed by atoms with E-state index in [-0.39, 0.29) is 36.0 Å². The Bertz CT molecular complexity index is 794. The summed E-state index contributed by atoms with van der Waals surface area (Å²) in [5.74, 6) is -0.0553. The average Bonchev–Trinajstić information content (AvgIpc) is 2.69. The second kappa shape index (κ2) is 8.88. The molecule has 0 aromatic heterocycles. The van der Waals surface area contributed by atoms with E-state index in [1.54, 1.807) is 0 Å². The van der Waals surface area contributed by atoms with Crippen molar-refractivity contribution in [3.63, 3.8) is 0 Å². The molecule has 1 aliphatic heterocycles. The molecule has 0 radical (unpaired) electrons. The second-order valence-corrected chi connectivity index (χ2v) is 9.89. The summed E-state index contributed by atoms with van der Waals surface area (Å²) in [6.07, 6.45) is 4.56. The zero-order chi connectivity index (χ0) is 20.3. The Morgan fingerprint density at radius 3 is 2.50 bits per heavy atom. The number of benzene rings is 1. The summed E-state index contributed by atoms with van der Waals surface area (Å²) in [4.78, 5) is 14.7. The molecule has 156 valence electrons. The van der Waals surface area contributed by atoms with Crippen molar-refractivity contribution in [2.75, 3.05) is 26.2 Å². The van der Waals surface area contributed by atoms with Crippen LogP contribution < -0.4 is 5.32 Å². The van der Waals surface area contributed by atoms with Crippen molar-refractivity contribution in [2.45, 2.75) is 56.5 Å². The summed E-state index contributed by atoms with van der Waals surface area (Å²) in [5, 5.41) is 3.19. The van der Waals surface area contributed by atoms with E-state index in [4.69, 9.17) is 0 Å². The van der Waals surface area contributed by atoms with E-state index in [9.17, 15) is 17.6 Å². The Hall–Kier alpha value is -1.51. The van der Waals surface area contributed by atoms with Gasteiger partial charge in [0.15, 0.2) is 0 Å². The minimum Gasteiger partial charge on any atom is -0.352 e. The first kappa shape index (κ1) is 21.2. The van der Waals surface area contributed by atoms with Gasteiger partial charge in [0.05, 0.1) is 10.9 Å². The number of hydrogen-bond donors (Lipinski definition) is 1. The van der Waals surface area contributed by atoms with Crippen molar-refractivity contribution in [2.24, 2.45) is 5.92 Å². The lowest BCUT2D eigenvalue weighted by Crippen LogP contribution is -2.56. The average molecular weight is 412 g/mol. The number of sulfonamides is 1. The first-order chi connectivity index (χ1) is 13.3. The molecule has 1 heterocycles. The predicted octanol–water partition coefficient (Wildman–Crippen LogP) is 2.22. The Balaban J connectivity index is 1.56. The molecule has 0 unspecified atom stereocenters. The molecule has 6 nitrogen and oxygen atoms in total. The molecule has 1 N–H and O–H groups in total. The number of nitrogens with one attached hydrogen (secondary N) is 1. The Labute approximate surface area is 167 Å². The number of hydrogen-bond acceptors (Lipinski definition) is 4. The minimum atomic E-state index is -3.72. The van der Waals surface area contributed by atoms with Crippen LogP contribution in [0.25, 0.3) is 0 Å². The van der Waals surface area contributed by atoms with Crippen LogP contribution in [-0.2, 0) is 14.8 Å². The summed E-state index contributed by atoms with van der Waals surface area (Å²) < 4.78 is 40.2. The molecule has 1 aliphatic carbocycles. The second-order valence-electron chi connectivity index (χ2n) is 7.95. The number of carbonyl (C=O) groups is 1. The van der Waals surface area contributed by atoms with Crippen molar-refractivity contribution >= 4 is 15.9 Å². The van der Waals surface area contributed by atoms with Crippen molar-refractivity contribution < 1.29 is 17.6 Å². The van der Waals surface area contributed by atoms with Gasteiger partial charge < -0.3 is 5.32 Å². The molecule has 3 atom stereocenters. The van der Waals surface area contributed by atoms with Gasteiger partial charge in [0.2, 0.25) is 15.9 Å². The van der Waals surface area contributed by atoms with E-state index < -0.39 is 15.8 Å². The molecule has 8 heteroatoms. The van der Waals surface area contributed by atoms with Crippen molar-refractivity contribution in [1.82, 2.24) is 14.5 Å². The highest BCUT2D eigenvalue weighted by molar-refractivity contribution is 7.89. The fraction of sp³-hybridized carbons (Fsp3) is 0.650. The zero-order valence-electron chi connectivity index (χ0n) is 16.6. The highest BCUT2D eigenvalue weighted by Crippen LogP contribution is 2.24. The van der Waals surface area contributed by atoms with Gasteiger partial charge in [0.1, 0.15) is 5.82 Å². The lowest BCUT2D eigenvalue weighted by atomic mass is 9.86. The standard InChI is InChI=1S/C20H30FN3O3S/c1-15-6-3-4-9-19(15)22-20(25)16(2)23-10-12-24(13-11-23)28(26,27)18-8-5-7-17(21)14-18/h5,7-8,14-16,19H,3-4,6,9-13H2,1-2H3,(H,22,25)/t15-,16+,19-/m0/s1. The summed E-state index contributed by atoms with van der Waals surface area (Å²) in [5.41, 5.74) is 0. The highest BCUT2D eigenvalue weighted by atomic mass is 32.2. The molecule has 1 saturated carbocycles. The smallest absolute Gasteiger partial charge is 0.243 e. The number of carbonyl (C=O) groups excluding carboxylic acids is 1. The Kier molecular flexibility index (Phi) is 6.73. The maximum atomic E-state index is 13.4. The quantitative estimate of drug-likeness (QED) is 0.807. The normalized spacial score (nSPS) is 26.0. The maximum Gasteiger partial charge on any atom is 0.243 e. The van der Waals surface area contributed by atoms with Gasteiger partial charge in [-0.15, -0.1) is 0 Å². The van der Waals surface area contributed by atoms with E-state index in [1.165, 1.54) is 28.9 Å². The number of amides is 1. The number of nitrogens with zero attached hydrogens (tertiary/aromatic N) is 2. The van der Waals surface area contributed by atoms with Crippen LogP contribution in [0.2, 0.25) is 0 Å². The molecule has 28 heavy (non-hydrogen) atoms. The van der Waals surface area contributed by atoms with Gasteiger partial charge in [0, 0.05) is 32.2 Å². The van der Waals surface area contributed by atoms with Crippen LogP contribution in [0, 0.1) is 11.7 Å². The Morgan fingerprint density at radius 1 is 1.18 bits per heavy atom. The molecule has 0 spiro atoms. The van der Waals surface area contributed by atoms with Crippen molar-refractivity contribution in [3.05, 3.63) is 30.1 Å². The van der Waals surface area contributed by atoms with Crippen LogP contribution in [0.4, 0.5) is 4.39 Å². The molecule has 2 aliphatic rings. The fourth-order valence-electron chi connectivity index (χ4n) is 4.11. The molecule has 2 fully saturated rings. The predicted molar refractivity (Wildman–Crippen MR) is 106 cm³/mol. The van der Waals surface area contributed by atoms with Gasteiger partial charge in [0.25, 0.3) is 0 Å². The van der Waals surface area contributed by atoms with E-state index in [0.29, 0.717) is 19.0 Å². The number of rotatable bonds is 5. The Morgan fingerprint density at radius 2 is 1.86 bits per heavy atom. The lowest BCUT2D eigenvalue weighted by Gasteiger charge is -2.38. The lowest BCUT2D eigenvalue weighted by molar-refractivity contribution is -0.127. The highest BCUT2D eigenvalue weighted by Gasteiger charge is 2.33. The van der Waals surface area contributed by atoms with Gasteiger partial charge in [-0.05, 0) is 43.9 Å². The molecular formula is C20H30FN3O3S. The van der Waals surface area contributed by atoms with E-state index in [0.717, 1.165) is 25.3 Å². The van der Waals surface area contributed by atoms with Gasteiger partial charge in [-0.1, -0.05) is 25.8 Å². The van der Waals surface area contributed by atoms with Gasteiger partial charge in [-0.25, -0.2) is 12.8 Å². The van der Waals surface area contributed by atoms with Crippen LogP contribution in [0.15, 0.2) is 29.2 Å². The summed E-state index contributed by atoms with van der Waals surface area (Å²) in [6, 6.07) is 5.02. The summed E-state index contributed by atoms with van der Waals surface area (Å²) in [7, 11) is -3.72. The van der Waals surface area contributed by atoms with Gasteiger partial charge in [-0.3, -0.25) is 9.69 Å². The SMILES string of the molecule is C[C@H](C(=O)N[C@H]1CCCC[C@@H]1C)N1CCN(S(=O)(=O)c2cccc(F)c2)CC1. The molecule has 3 rings (SSSR count). The van der Waals surface area contributed by atoms with Crippen LogP contribution in [0.3, 0.4) is 0 Å². The number of halogens is 1. The van der Waals surface area contributed by atoms with Crippen LogP contribution in [0.1, 0.15) is 39.5 Å². The first-order valence-electron chi connectivity index (χ1n) is 10.1. The van der Waals surface area contributed by atoms with E-state index in [1.807, 2.05) is 11.8 Å². The summed E-state index contributed by atoms with van der Waals surface area (Å²) >= 11 is 0. The number of piperazine rings is 1. The zero-order valence-corrected chi connectivity index (χ0v) is 17.4. The van der Waals surface area contributed by atoms with Crippen LogP contribution in [-0.4, -0.2) is 61.8 Å².